The second kappa shape index (κ2) is 14.0. The third kappa shape index (κ3) is 6.53. The lowest BCUT2D eigenvalue weighted by atomic mass is 9.69. The average Bonchev–Trinajstić information content (AvgIpc) is 3.64. The van der Waals surface area contributed by atoms with Crippen LogP contribution in [0.4, 0.5) is 28.7 Å². The first kappa shape index (κ1) is 37.3. The normalized spacial score (nSPS) is 21.1. The van der Waals surface area contributed by atoms with E-state index in [2.05, 4.69) is 57.3 Å². The molecule has 0 unspecified atom stereocenters. The van der Waals surface area contributed by atoms with Gasteiger partial charge < -0.3 is 34.5 Å². The maximum atomic E-state index is 14.0. The van der Waals surface area contributed by atoms with E-state index in [4.69, 9.17) is 9.72 Å². The Kier molecular flexibility index (Phi) is 9.13. The summed E-state index contributed by atoms with van der Waals surface area (Å²) < 4.78 is 9.01. The van der Waals surface area contributed by atoms with Gasteiger partial charge in [0.25, 0.3) is 11.5 Å². The van der Waals surface area contributed by atoms with Crippen LogP contribution in [0.5, 0.6) is 0 Å². The van der Waals surface area contributed by atoms with E-state index in [0.29, 0.717) is 64.3 Å². The first-order chi connectivity index (χ1) is 27.4. The van der Waals surface area contributed by atoms with E-state index >= 15 is 0 Å². The van der Waals surface area contributed by atoms with Crippen LogP contribution in [0.1, 0.15) is 60.9 Å². The van der Waals surface area contributed by atoms with Crippen LogP contribution < -0.4 is 26.0 Å². The zero-order valence-electron chi connectivity index (χ0n) is 33.2. The lowest BCUT2D eigenvalue weighted by molar-refractivity contribution is -0.138. The molecule has 14 nitrogen and oxygen atoms in total. The quantitative estimate of drug-likeness (QED) is 0.208. The van der Waals surface area contributed by atoms with Crippen LogP contribution in [0.3, 0.4) is 0 Å². The van der Waals surface area contributed by atoms with Crippen molar-refractivity contribution in [2.75, 3.05) is 59.8 Å². The highest BCUT2D eigenvalue weighted by Gasteiger charge is 2.50. The van der Waals surface area contributed by atoms with E-state index in [-0.39, 0.29) is 34.6 Å². The average molecular weight is 774 g/mol. The molecule has 4 aromatic rings. The summed E-state index contributed by atoms with van der Waals surface area (Å²) >= 11 is 0. The fourth-order valence-corrected chi connectivity index (χ4v) is 9.89. The van der Waals surface area contributed by atoms with E-state index in [1.807, 2.05) is 24.3 Å². The predicted octanol–water partition coefficient (Wildman–Crippen LogP) is 4.48. The van der Waals surface area contributed by atoms with E-state index < -0.39 is 6.61 Å². The van der Waals surface area contributed by atoms with Crippen molar-refractivity contribution in [3.8, 4) is 11.3 Å². The minimum Gasteiger partial charge on any atom is -0.392 e. The minimum absolute atomic E-state index is 0.0648. The van der Waals surface area contributed by atoms with Crippen molar-refractivity contribution in [1.29, 1.82) is 0 Å². The second-order valence-electron chi connectivity index (χ2n) is 17.5. The molecule has 5 aliphatic rings. The number of aliphatic hydroxyl groups is 1. The van der Waals surface area contributed by atoms with Crippen molar-refractivity contribution in [1.82, 2.24) is 24.0 Å². The number of ether oxygens (including phenoxy) is 1. The number of carbonyl (C=O) groups excluding carboxylic acids is 2. The number of amides is 2. The largest absolute Gasteiger partial charge is 0.392 e. The lowest BCUT2D eigenvalue weighted by Crippen LogP contribution is -2.67. The molecule has 0 saturated carbocycles. The summed E-state index contributed by atoms with van der Waals surface area (Å²) in [5.41, 5.74) is 6.73. The number of rotatable bonds is 9. The van der Waals surface area contributed by atoms with Crippen LogP contribution in [-0.2, 0) is 42.6 Å². The number of anilines is 5. The first-order valence-electron chi connectivity index (χ1n) is 20.0. The number of hydrogen-bond donors (Lipinski definition) is 3. The van der Waals surface area contributed by atoms with Gasteiger partial charge in [-0.3, -0.25) is 24.2 Å². The van der Waals surface area contributed by atoms with Crippen molar-refractivity contribution in [2.24, 2.45) is 17.9 Å². The summed E-state index contributed by atoms with van der Waals surface area (Å²) in [7, 11) is 1.65. The third-order valence-electron chi connectivity index (χ3n) is 12.8. The van der Waals surface area contributed by atoms with Crippen LogP contribution in [-0.4, -0.2) is 92.4 Å². The molecule has 14 heteroatoms. The Labute approximate surface area is 332 Å². The van der Waals surface area contributed by atoms with Gasteiger partial charge in [-0.2, -0.15) is 0 Å². The molecule has 57 heavy (non-hydrogen) atoms. The van der Waals surface area contributed by atoms with E-state index in [9.17, 15) is 19.5 Å². The molecule has 4 aliphatic heterocycles. The molecule has 3 aromatic heterocycles. The Bertz CT molecular complexity index is 2350. The van der Waals surface area contributed by atoms with Crippen LogP contribution in [0.25, 0.3) is 11.3 Å². The van der Waals surface area contributed by atoms with Gasteiger partial charge >= 0.3 is 0 Å². The number of piperidine rings is 1. The molecule has 3 N–H and O–H groups in total. The van der Waals surface area contributed by atoms with Crippen LogP contribution in [0.15, 0.2) is 60.2 Å². The molecule has 9 rings (SSSR count). The van der Waals surface area contributed by atoms with Crippen molar-refractivity contribution in [3.63, 3.8) is 0 Å². The summed E-state index contributed by atoms with van der Waals surface area (Å²) in [5, 5.41) is 17.0. The number of aryl methyl sites for hydroxylation is 1. The fraction of sp³-hybridized carbons (Fsp3) is 0.465. The Morgan fingerprint density at radius 3 is 2.63 bits per heavy atom. The van der Waals surface area contributed by atoms with Crippen LogP contribution >= 0.6 is 0 Å². The van der Waals surface area contributed by atoms with Gasteiger partial charge in [0, 0.05) is 80.7 Å². The molecule has 3 saturated heterocycles. The van der Waals surface area contributed by atoms with Gasteiger partial charge in [0.2, 0.25) is 5.91 Å². The number of carbonyl (C=O) groups is 2. The number of aliphatic hydroxyl groups excluding tert-OH is 1. The number of aromatic nitrogens is 4. The van der Waals surface area contributed by atoms with Crippen molar-refractivity contribution in [3.05, 3.63) is 88.2 Å². The highest BCUT2D eigenvalue weighted by Crippen LogP contribution is 2.47. The minimum atomic E-state index is -0.390. The van der Waals surface area contributed by atoms with Crippen molar-refractivity contribution in [2.45, 2.75) is 71.7 Å². The number of fused-ring (bicyclic) bond motifs is 3. The van der Waals surface area contributed by atoms with Crippen LogP contribution in [0, 0.1) is 10.8 Å². The lowest BCUT2D eigenvalue weighted by Gasteiger charge is -2.59. The summed E-state index contributed by atoms with van der Waals surface area (Å²) in [4.78, 5) is 56.1. The van der Waals surface area contributed by atoms with Gasteiger partial charge in [-0.25, -0.2) is 9.97 Å². The first-order valence-corrected chi connectivity index (χ1v) is 20.0. The van der Waals surface area contributed by atoms with E-state index in [1.165, 1.54) is 21.9 Å². The summed E-state index contributed by atoms with van der Waals surface area (Å²) in [6, 6.07) is 10.3. The molecular formula is C43H51N9O5. The summed E-state index contributed by atoms with van der Waals surface area (Å²) in [6.07, 6.45) is 8.46. The summed E-state index contributed by atoms with van der Waals surface area (Å²) in [5.74, 6) is -0.0490. The molecule has 1 aliphatic carbocycles. The zero-order chi connectivity index (χ0) is 39.8. The smallest absolute Gasteiger partial charge is 0.293 e. The fourth-order valence-electron chi connectivity index (χ4n) is 9.89. The molecule has 0 bridgehead atoms. The van der Waals surface area contributed by atoms with Gasteiger partial charge in [-0.15, -0.1) is 0 Å². The van der Waals surface area contributed by atoms with Crippen LogP contribution in [0.2, 0.25) is 0 Å². The number of likely N-dealkylation sites (tertiary alicyclic amines) is 1. The number of nitrogens with zero attached hydrogens (tertiary/aromatic N) is 7. The Balaban J connectivity index is 0.980. The number of nitrogens with one attached hydrogen (secondary N) is 2. The van der Waals surface area contributed by atoms with Gasteiger partial charge in [0.1, 0.15) is 11.5 Å². The Hall–Kier alpha value is -5.31. The highest BCUT2D eigenvalue weighted by molar-refractivity contribution is 6.06. The van der Waals surface area contributed by atoms with Gasteiger partial charge in [0.15, 0.2) is 5.82 Å². The number of benzene rings is 1. The predicted molar refractivity (Wildman–Crippen MR) is 219 cm³/mol. The maximum absolute atomic E-state index is 14.0. The van der Waals surface area contributed by atoms with Gasteiger partial charge in [-0.05, 0) is 85.4 Å². The molecule has 1 aromatic carbocycles. The Morgan fingerprint density at radius 2 is 1.91 bits per heavy atom. The molecular weight excluding hydrogens is 723 g/mol. The second-order valence-corrected chi connectivity index (χ2v) is 17.5. The Morgan fingerprint density at radius 1 is 1.11 bits per heavy atom. The monoisotopic (exact) mass is 773 g/mol. The molecule has 3 fully saturated rings. The molecule has 1 spiro atoms. The molecule has 0 radical (unpaired) electrons. The van der Waals surface area contributed by atoms with E-state index in [0.717, 1.165) is 64.2 Å². The molecule has 7 heterocycles. The zero-order valence-corrected chi connectivity index (χ0v) is 33.2. The number of hydrogen-bond acceptors (Lipinski definition) is 10. The highest BCUT2D eigenvalue weighted by atomic mass is 16.5. The van der Waals surface area contributed by atoms with E-state index in [1.54, 1.807) is 30.4 Å². The number of pyridine rings is 1. The standard InChI is InChI=1S/C43H51N9O5/c1-6-37(54)46-32-16-28(7-8-34(32)50-12-10-43(17-26(50)2)24-49(25-43)29-22-57-23-29)45-38-41(56)48(5)20-33(47-38)30-9-11-44-39(31(30)21-53)52-14-13-51-35(40(52)55)15-27-18-42(3,4)19-36(27)51/h6-9,11,15-16,20,26,29,53H,1,10,12-14,17-19,21-25H2,2-5H3,(H,45,47)(H,46,54)/t26-/m0/s1. The maximum Gasteiger partial charge on any atom is 0.293 e. The molecule has 298 valence electrons. The van der Waals surface area contributed by atoms with Gasteiger partial charge in [-0.1, -0.05) is 20.4 Å². The van der Waals surface area contributed by atoms with Crippen molar-refractivity contribution < 1.29 is 19.4 Å². The van der Waals surface area contributed by atoms with Crippen molar-refractivity contribution >= 4 is 40.5 Å². The SMILES string of the molecule is C=CC(=O)Nc1cc(Nc2nc(-c3ccnc(N4CCn5c(cc6c5CC(C)(C)C6)C4=O)c3CO)cn(C)c2=O)ccc1N1CCC2(C[C@@H]1C)CN(C1COC1)C2. The molecule has 2 amide bonds. The molecule has 1 atom stereocenters. The third-order valence-corrected chi connectivity index (χ3v) is 12.8. The summed E-state index contributed by atoms with van der Waals surface area (Å²) in [6.45, 7) is 15.8. The topological polar surface area (TPSA) is 150 Å². The van der Waals surface area contributed by atoms with Gasteiger partial charge in [0.05, 0.1) is 42.9 Å².